The summed E-state index contributed by atoms with van der Waals surface area (Å²) in [5.74, 6) is 0.386. The van der Waals surface area contributed by atoms with Crippen molar-refractivity contribution in [1.82, 2.24) is 10.6 Å². The second kappa shape index (κ2) is 12.6. The standard InChI is InChI=1S/C22H33N2O7PS/c1-16(2)14-19(26)33-13-12-23-18(25)10-11-24-21(27)20-22(3,4)15-29-32(28,31-20)30-17-8-6-5-7-9-17/h5-9,16,20H,10-15H2,1-4H3,(H,23,25)(H,24,27)/t20-,32?/m0/s1. The maximum atomic E-state index is 12.9. The van der Waals surface area contributed by atoms with Crippen molar-refractivity contribution in [2.45, 2.75) is 46.6 Å². The lowest BCUT2D eigenvalue weighted by Gasteiger charge is -2.39. The van der Waals surface area contributed by atoms with Gasteiger partial charge in [0.2, 0.25) is 5.91 Å². The molecular formula is C22H33N2O7PS. The zero-order chi connectivity index (χ0) is 24.5. The van der Waals surface area contributed by atoms with Gasteiger partial charge in [-0.15, -0.1) is 0 Å². The molecule has 11 heteroatoms. The first-order chi connectivity index (χ1) is 15.5. The van der Waals surface area contributed by atoms with E-state index in [0.29, 0.717) is 30.4 Å². The molecule has 184 valence electrons. The number of amides is 2. The summed E-state index contributed by atoms with van der Waals surface area (Å²) in [7, 11) is -3.98. The molecule has 9 nitrogen and oxygen atoms in total. The normalized spacial score (nSPS) is 21.9. The lowest BCUT2D eigenvalue weighted by Crippen LogP contribution is -2.50. The lowest BCUT2D eigenvalue weighted by atomic mass is 9.87. The van der Waals surface area contributed by atoms with E-state index in [-0.39, 0.29) is 30.6 Å². The second-order valence-electron chi connectivity index (χ2n) is 8.81. The Morgan fingerprint density at radius 1 is 1.18 bits per heavy atom. The molecule has 1 heterocycles. The maximum absolute atomic E-state index is 12.9. The predicted octanol–water partition coefficient (Wildman–Crippen LogP) is 3.54. The molecule has 2 atom stereocenters. The van der Waals surface area contributed by atoms with Gasteiger partial charge < -0.3 is 15.2 Å². The molecule has 2 amide bonds. The molecule has 1 aromatic carbocycles. The third-order valence-electron chi connectivity index (χ3n) is 4.65. The minimum Gasteiger partial charge on any atom is -0.404 e. The molecule has 33 heavy (non-hydrogen) atoms. The van der Waals surface area contributed by atoms with Crippen LogP contribution in [0.3, 0.4) is 0 Å². The predicted molar refractivity (Wildman–Crippen MR) is 127 cm³/mol. The number of carbonyl (C=O) groups excluding carboxylic acids is 3. The van der Waals surface area contributed by atoms with Crippen molar-refractivity contribution in [2.75, 3.05) is 25.4 Å². The fraction of sp³-hybridized carbons (Fsp3) is 0.591. The molecular weight excluding hydrogens is 467 g/mol. The summed E-state index contributed by atoms with van der Waals surface area (Å²) in [5, 5.41) is 5.49. The maximum Gasteiger partial charge on any atom is 0.530 e. The number of nitrogens with one attached hydrogen (secondary N) is 2. The Bertz CT molecular complexity index is 864. The molecule has 0 saturated carbocycles. The number of benzene rings is 1. The molecule has 2 rings (SSSR count). The van der Waals surface area contributed by atoms with Gasteiger partial charge in [0.25, 0.3) is 5.91 Å². The number of thioether (sulfide) groups is 1. The molecule has 1 aliphatic rings. The summed E-state index contributed by atoms with van der Waals surface area (Å²) in [6, 6.07) is 8.43. The molecule has 0 spiro atoms. The van der Waals surface area contributed by atoms with Gasteiger partial charge in [-0.1, -0.05) is 57.7 Å². The quantitative estimate of drug-likeness (QED) is 0.350. The zero-order valence-corrected chi connectivity index (χ0v) is 21.2. The van der Waals surface area contributed by atoms with Gasteiger partial charge in [0.1, 0.15) is 5.75 Å². The fourth-order valence-electron chi connectivity index (χ4n) is 2.91. The molecule has 0 bridgehead atoms. The van der Waals surface area contributed by atoms with Crippen LogP contribution in [0.15, 0.2) is 30.3 Å². The Hall–Kier alpha value is -1.87. The second-order valence-corrected chi connectivity index (χ2v) is 11.5. The van der Waals surface area contributed by atoms with Crippen molar-refractivity contribution >= 4 is 36.5 Å². The van der Waals surface area contributed by atoms with Crippen LogP contribution in [0.25, 0.3) is 0 Å². The van der Waals surface area contributed by atoms with Gasteiger partial charge in [0.15, 0.2) is 11.2 Å². The van der Waals surface area contributed by atoms with E-state index >= 15 is 0 Å². The monoisotopic (exact) mass is 500 g/mol. The highest BCUT2D eigenvalue weighted by atomic mass is 32.2. The highest BCUT2D eigenvalue weighted by Gasteiger charge is 2.49. The SMILES string of the molecule is CC(C)CC(=O)SCCNC(=O)CCNC(=O)[C@@H]1OP(=O)(Oc2ccccc2)OCC1(C)C. The molecule has 1 aliphatic heterocycles. The summed E-state index contributed by atoms with van der Waals surface area (Å²) in [4.78, 5) is 36.4. The van der Waals surface area contributed by atoms with Crippen LogP contribution in [0.4, 0.5) is 0 Å². The Kier molecular flexibility index (Phi) is 10.4. The summed E-state index contributed by atoms with van der Waals surface area (Å²) < 4.78 is 29.1. The summed E-state index contributed by atoms with van der Waals surface area (Å²) in [5.41, 5.74) is -0.750. The van der Waals surface area contributed by atoms with E-state index in [1.54, 1.807) is 44.2 Å². The number of carbonyl (C=O) groups is 3. The number of phosphoric acid groups is 1. The molecule has 2 N–H and O–H groups in total. The number of para-hydroxylation sites is 1. The van der Waals surface area contributed by atoms with Gasteiger partial charge in [0, 0.05) is 37.1 Å². The zero-order valence-electron chi connectivity index (χ0n) is 19.5. The summed E-state index contributed by atoms with van der Waals surface area (Å²) in [6.07, 6.45) is -0.497. The van der Waals surface area contributed by atoms with Crippen LogP contribution in [-0.2, 0) is 28.0 Å². The third-order valence-corrected chi connectivity index (χ3v) is 6.90. The summed E-state index contributed by atoms with van der Waals surface area (Å²) in [6.45, 7) is 7.94. The Labute approximate surface area is 199 Å². The average molecular weight is 501 g/mol. The van der Waals surface area contributed by atoms with Gasteiger partial charge in [-0.25, -0.2) is 4.57 Å². The van der Waals surface area contributed by atoms with E-state index in [0.717, 1.165) is 0 Å². The molecule has 0 radical (unpaired) electrons. The van der Waals surface area contributed by atoms with Gasteiger partial charge in [-0.05, 0) is 18.1 Å². The van der Waals surface area contributed by atoms with Gasteiger partial charge in [-0.3, -0.25) is 23.4 Å². The van der Waals surface area contributed by atoms with Gasteiger partial charge in [0.05, 0.1) is 6.61 Å². The Morgan fingerprint density at radius 2 is 1.88 bits per heavy atom. The molecule has 0 aromatic heterocycles. The van der Waals surface area contributed by atoms with Crippen LogP contribution in [0.1, 0.15) is 40.5 Å². The highest BCUT2D eigenvalue weighted by molar-refractivity contribution is 8.13. The van der Waals surface area contributed by atoms with Crippen LogP contribution in [0.5, 0.6) is 5.75 Å². The van der Waals surface area contributed by atoms with Gasteiger partial charge in [-0.2, -0.15) is 0 Å². The van der Waals surface area contributed by atoms with Crippen molar-refractivity contribution in [3.63, 3.8) is 0 Å². The van der Waals surface area contributed by atoms with E-state index < -0.39 is 25.2 Å². The first-order valence-electron chi connectivity index (χ1n) is 10.9. The molecule has 1 fully saturated rings. The first-order valence-corrected chi connectivity index (χ1v) is 13.3. The van der Waals surface area contributed by atoms with Crippen LogP contribution < -0.4 is 15.2 Å². The van der Waals surface area contributed by atoms with E-state index in [4.69, 9.17) is 13.6 Å². The lowest BCUT2D eigenvalue weighted by molar-refractivity contribution is -0.140. The van der Waals surface area contributed by atoms with Crippen LogP contribution in [-0.4, -0.2) is 48.5 Å². The Balaban J connectivity index is 1.76. The smallest absolute Gasteiger partial charge is 0.404 e. The molecule has 1 aromatic rings. The van der Waals surface area contributed by atoms with Crippen LogP contribution in [0.2, 0.25) is 0 Å². The first kappa shape index (κ1) is 27.4. The number of rotatable bonds is 11. The molecule has 1 unspecified atom stereocenters. The Morgan fingerprint density at radius 3 is 2.55 bits per heavy atom. The van der Waals surface area contributed by atoms with Crippen molar-refractivity contribution in [1.29, 1.82) is 0 Å². The molecule has 0 aliphatic carbocycles. The minimum atomic E-state index is -3.98. The molecule has 1 saturated heterocycles. The fourth-order valence-corrected chi connectivity index (χ4v) is 5.46. The van der Waals surface area contributed by atoms with Crippen LogP contribution in [0, 0.1) is 11.3 Å². The van der Waals surface area contributed by atoms with Gasteiger partial charge >= 0.3 is 7.82 Å². The summed E-state index contributed by atoms with van der Waals surface area (Å²) >= 11 is 1.20. The van der Waals surface area contributed by atoms with E-state index in [9.17, 15) is 18.9 Å². The number of hydrogen-bond acceptors (Lipinski definition) is 8. The van der Waals surface area contributed by atoms with E-state index in [1.165, 1.54) is 11.8 Å². The highest BCUT2D eigenvalue weighted by Crippen LogP contribution is 2.56. The van der Waals surface area contributed by atoms with Crippen molar-refractivity contribution in [3.05, 3.63) is 30.3 Å². The van der Waals surface area contributed by atoms with E-state index in [1.807, 2.05) is 13.8 Å². The third kappa shape index (κ3) is 9.49. The van der Waals surface area contributed by atoms with Crippen molar-refractivity contribution in [3.8, 4) is 5.75 Å². The average Bonchev–Trinajstić information content (AvgIpc) is 2.73. The van der Waals surface area contributed by atoms with Crippen LogP contribution >= 0.6 is 19.6 Å². The topological polar surface area (TPSA) is 120 Å². The van der Waals surface area contributed by atoms with E-state index in [2.05, 4.69) is 10.6 Å². The number of hydrogen-bond donors (Lipinski definition) is 2. The van der Waals surface area contributed by atoms with Crippen molar-refractivity contribution < 1.29 is 32.5 Å². The van der Waals surface area contributed by atoms with Crippen molar-refractivity contribution in [2.24, 2.45) is 11.3 Å². The largest absolute Gasteiger partial charge is 0.530 e. The minimum absolute atomic E-state index is 0.00286. The number of phosphoric ester groups is 1.